The molecule has 1 aliphatic heterocycles. The van der Waals surface area contributed by atoms with Crippen molar-refractivity contribution in [1.82, 2.24) is 10.6 Å². The Kier molecular flexibility index (Phi) is 9.20. The molecule has 0 radical (unpaired) electrons. The van der Waals surface area contributed by atoms with Gasteiger partial charge in [0.25, 0.3) is 0 Å². The van der Waals surface area contributed by atoms with Crippen molar-refractivity contribution in [2.45, 2.75) is 63.1 Å². The van der Waals surface area contributed by atoms with Crippen molar-refractivity contribution in [2.24, 2.45) is 5.41 Å². The summed E-state index contributed by atoms with van der Waals surface area (Å²) in [7, 11) is 0. The maximum atomic E-state index is 15.5. The van der Waals surface area contributed by atoms with Crippen LogP contribution in [0.1, 0.15) is 50.7 Å². The van der Waals surface area contributed by atoms with Crippen LogP contribution < -0.4 is 10.6 Å². The van der Waals surface area contributed by atoms with E-state index in [2.05, 4.69) is 16.7 Å². The number of halogens is 4. The normalized spacial score (nSPS) is 24.5. The number of aliphatic hydroxyl groups excluding tert-OH is 2. The fraction of sp³-hybridized carbons (Fsp3) is 0.481. The molecule has 2 aromatic carbocycles. The van der Waals surface area contributed by atoms with Gasteiger partial charge in [-0.05, 0) is 48.1 Å². The van der Waals surface area contributed by atoms with E-state index in [1.165, 1.54) is 0 Å². The second kappa shape index (κ2) is 11.6. The van der Waals surface area contributed by atoms with Crippen molar-refractivity contribution in [3.63, 3.8) is 0 Å². The van der Waals surface area contributed by atoms with E-state index in [0.29, 0.717) is 17.0 Å². The quantitative estimate of drug-likeness (QED) is 0.386. The third kappa shape index (κ3) is 6.24. The van der Waals surface area contributed by atoms with Crippen LogP contribution in [-0.4, -0.2) is 47.5 Å². The highest BCUT2D eigenvalue weighted by Gasteiger charge is 2.61. The highest BCUT2D eigenvalue weighted by atomic mass is 35.5. The molecule has 0 spiro atoms. The number of amides is 1. The van der Waals surface area contributed by atoms with Crippen molar-refractivity contribution >= 4 is 29.1 Å². The van der Waals surface area contributed by atoms with Crippen molar-refractivity contribution in [3.05, 3.63) is 69.2 Å². The van der Waals surface area contributed by atoms with Crippen LogP contribution >= 0.6 is 23.2 Å². The van der Waals surface area contributed by atoms with E-state index >= 15 is 8.78 Å². The lowest BCUT2D eigenvalue weighted by atomic mass is 9.62. The number of benzene rings is 2. The molecule has 200 valence electrons. The highest BCUT2D eigenvalue weighted by molar-refractivity contribution is 6.30. The Labute approximate surface area is 225 Å². The van der Waals surface area contributed by atoms with E-state index in [1.807, 2.05) is 20.8 Å². The van der Waals surface area contributed by atoms with Gasteiger partial charge in [0.2, 0.25) is 5.91 Å². The summed E-state index contributed by atoms with van der Waals surface area (Å²) in [5.74, 6) is -3.50. The number of aliphatic hydroxyl groups is 2. The largest absolute Gasteiger partial charge is 0.394 e. The molecular formula is C27H31Cl2F2N3O3. The summed E-state index contributed by atoms with van der Waals surface area (Å²) in [6, 6.07) is 8.79. The van der Waals surface area contributed by atoms with E-state index < -0.39 is 59.2 Å². The second-order valence-corrected chi connectivity index (χ2v) is 11.5. The lowest BCUT2D eigenvalue weighted by Crippen LogP contribution is -2.46. The minimum absolute atomic E-state index is 0.0498. The number of carbonyl (C=O) groups excluding carboxylic acids is 1. The molecule has 3 rings (SSSR count). The Hall–Kier alpha value is -2.28. The Morgan fingerprint density at radius 1 is 1.22 bits per heavy atom. The number of carbonyl (C=O) groups is 1. The van der Waals surface area contributed by atoms with Gasteiger partial charge >= 0.3 is 0 Å². The summed E-state index contributed by atoms with van der Waals surface area (Å²) in [4.78, 5) is 13.5. The lowest BCUT2D eigenvalue weighted by Gasteiger charge is -2.37. The first-order chi connectivity index (χ1) is 17.3. The predicted molar refractivity (Wildman–Crippen MR) is 138 cm³/mol. The van der Waals surface area contributed by atoms with Crippen LogP contribution in [0.25, 0.3) is 0 Å². The van der Waals surface area contributed by atoms with Crippen LogP contribution in [0.15, 0.2) is 36.4 Å². The van der Waals surface area contributed by atoms with Crippen LogP contribution in [0, 0.1) is 28.4 Å². The van der Waals surface area contributed by atoms with Gasteiger partial charge < -0.3 is 20.8 Å². The maximum Gasteiger partial charge on any atom is 0.237 e. The number of nitriles is 1. The minimum Gasteiger partial charge on any atom is -0.394 e. The van der Waals surface area contributed by atoms with E-state index in [-0.39, 0.29) is 23.4 Å². The Bertz CT molecular complexity index is 1160. The molecule has 0 aromatic heterocycles. The van der Waals surface area contributed by atoms with E-state index in [9.17, 15) is 15.2 Å². The monoisotopic (exact) mass is 553 g/mol. The molecule has 2 aromatic rings. The number of rotatable bonds is 8. The zero-order valence-electron chi connectivity index (χ0n) is 20.9. The zero-order chi connectivity index (χ0) is 27.5. The Balaban J connectivity index is 2.24. The average Bonchev–Trinajstić information content (AvgIpc) is 3.11. The zero-order valence-corrected chi connectivity index (χ0v) is 22.4. The van der Waals surface area contributed by atoms with Crippen molar-refractivity contribution < 1.29 is 23.8 Å². The molecule has 0 unspecified atom stereocenters. The van der Waals surface area contributed by atoms with Crippen LogP contribution in [0.3, 0.4) is 0 Å². The first-order valence-electron chi connectivity index (χ1n) is 12.0. The topological polar surface area (TPSA) is 105 Å². The van der Waals surface area contributed by atoms with Crippen LogP contribution in [0.4, 0.5) is 8.78 Å². The standard InChI is InChI=1S/C27H31Cl2F2N3O3/c1-26(2,3)12-21-27(14-32,23-19(30)10-17(29)11-20(23)31)22(15-5-4-6-16(28)9-15)24(34-21)25(37)33-8-7-18(36)13-35/h4-6,9-11,18,21-22,24,34-36H,7-8,12-13H2,1-3H3,(H,33,37)/t18-,21-,22-,24+,27-/m0/s1. The van der Waals surface area contributed by atoms with Gasteiger partial charge in [0.1, 0.15) is 17.0 Å². The number of hydrogen-bond acceptors (Lipinski definition) is 5. The first-order valence-corrected chi connectivity index (χ1v) is 12.7. The highest BCUT2D eigenvalue weighted by Crippen LogP contribution is 2.52. The lowest BCUT2D eigenvalue weighted by molar-refractivity contribution is -0.123. The molecule has 4 N–H and O–H groups in total. The molecule has 6 nitrogen and oxygen atoms in total. The van der Waals surface area contributed by atoms with Crippen molar-refractivity contribution in [3.8, 4) is 6.07 Å². The molecule has 1 heterocycles. The fourth-order valence-corrected chi connectivity index (χ4v) is 5.56. The van der Waals surface area contributed by atoms with Crippen LogP contribution in [-0.2, 0) is 10.2 Å². The summed E-state index contributed by atoms with van der Waals surface area (Å²) >= 11 is 12.2. The molecule has 37 heavy (non-hydrogen) atoms. The van der Waals surface area contributed by atoms with Gasteiger partial charge in [-0.3, -0.25) is 4.79 Å². The summed E-state index contributed by atoms with van der Waals surface area (Å²) < 4.78 is 31.1. The van der Waals surface area contributed by atoms with Crippen molar-refractivity contribution in [1.29, 1.82) is 5.26 Å². The maximum absolute atomic E-state index is 15.5. The summed E-state index contributed by atoms with van der Waals surface area (Å²) in [5.41, 5.74) is -2.22. The molecule has 1 saturated heterocycles. The molecule has 5 atom stereocenters. The smallest absolute Gasteiger partial charge is 0.237 e. The molecule has 0 saturated carbocycles. The third-order valence-corrected chi connectivity index (χ3v) is 7.11. The number of nitrogens with one attached hydrogen (secondary N) is 2. The Morgan fingerprint density at radius 2 is 1.86 bits per heavy atom. The molecule has 0 aliphatic carbocycles. The van der Waals surface area contributed by atoms with Crippen LogP contribution in [0.2, 0.25) is 10.0 Å². The first kappa shape index (κ1) is 29.3. The average molecular weight is 554 g/mol. The Morgan fingerprint density at radius 3 is 2.41 bits per heavy atom. The molecule has 10 heteroatoms. The summed E-state index contributed by atoms with van der Waals surface area (Å²) in [6.45, 7) is 5.40. The van der Waals surface area contributed by atoms with Gasteiger partial charge in [-0.1, -0.05) is 56.1 Å². The minimum atomic E-state index is -1.84. The number of hydrogen-bond donors (Lipinski definition) is 4. The van der Waals surface area contributed by atoms with E-state index in [4.69, 9.17) is 28.3 Å². The van der Waals surface area contributed by atoms with Gasteiger partial charge in [-0.2, -0.15) is 5.26 Å². The van der Waals surface area contributed by atoms with E-state index in [0.717, 1.165) is 12.1 Å². The molecular weight excluding hydrogens is 523 g/mol. The predicted octanol–water partition coefficient (Wildman–Crippen LogP) is 4.45. The van der Waals surface area contributed by atoms with Gasteiger partial charge in [0.15, 0.2) is 0 Å². The number of nitrogens with zero attached hydrogens (tertiary/aromatic N) is 1. The van der Waals surface area contributed by atoms with Gasteiger partial charge in [0.05, 0.1) is 24.8 Å². The van der Waals surface area contributed by atoms with Gasteiger partial charge in [-0.15, -0.1) is 0 Å². The fourth-order valence-electron chi connectivity index (χ4n) is 5.17. The molecule has 1 aliphatic rings. The molecule has 0 bridgehead atoms. The SMILES string of the molecule is CC(C)(C)C[C@@H]1N[C@@H](C(=O)NCC[C@H](O)CO)[C@H](c2cccc(Cl)c2)[C@@]1(C#N)c1c(F)cc(Cl)cc1F. The summed E-state index contributed by atoms with van der Waals surface area (Å²) in [5, 5.41) is 35.6. The second-order valence-electron chi connectivity index (χ2n) is 10.6. The van der Waals surface area contributed by atoms with Crippen LogP contribution in [0.5, 0.6) is 0 Å². The van der Waals surface area contributed by atoms with E-state index in [1.54, 1.807) is 24.3 Å². The third-order valence-electron chi connectivity index (χ3n) is 6.65. The van der Waals surface area contributed by atoms with Crippen molar-refractivity contribution in [2.75, 3.05) is 13.2 Å². The molecule has 1 fully saturated rings. The van der Waals surface area contributed by atoms with Gasteiger partial charge in [-0.25, -0.2) is 8.78 Å². The summed E-state index contributed by atoms with van der Waals surface area (Å²) in [6.07, 6.45) is -0.595. The van der Waals surface area contributed by atoms with Gasteiger partial charge in [0, 0.05) is 34.1 Å². The molecule has 1 amide bonds.